The average Bonchev–Trinajstić information content (AvgIpc) is 2.35. The SMILES string of the molecule is NC(=O)CNC(=O)C1CNc2ccccc2C1. The van der Waals surface area contributed by atoms with Crippen molar-refractivity contribution in [2.75, 3.05) is 18.4 Å². The lowest BCUT2D eigenvalue weighted by molar-refractivity contribution is -0.127. The van der Waals surface area contributed by atoms with Gasteiger partial charge in [-0.15, -0.1) is 0 Å². The van der Waals surface area contributed by atoms with Crippen LogP contribution in [0.25, 0.3) is 0 Å². The number of anilines is 1. The second kappa shape index (κ2) is 4.86. The summed E-state index contributed by atoms with van der Waals surface area (Å²) in [6.45, 7) is 0.485. The summed E-state index contributed by atoms with van der Waals surface area (Å²) in [4.78, 5) is 22.3. The van der Waals surface area contributed by atoms with Gasteiger partial charge in [0.15, 0.2) is 0 Å². The first kappa shape index (κ1) is 11.4. The minimum Gasteiger partial charge on any atom is -0.384 e. The number of rotatable bonds is 3. The Morgan fingerprint density at radius 2 is 2.18 bits per heavy atom. The third kappa shape index (κ3) is 2.75. The van der Waals surface area contributed by atoms with Gasteiger partial charge in [0.05, 0.1) is 12.5 Å². The van der Waals surface area contributed by atoms with E-state index in [1.807, 2.05) is 24.3 Å². The molecular formula is C12H15N3O2. The Bertz CT molecular complexity index is 445. The number of fused-ring (bicyclic) bond motifs is 1. The van der Waals surface area contributed by atoms with Gasteiger partial charge in [-0.05, 0) is 18.1 Å². The summed E-state index contributed by atoms with van der Waals surface area (Å²) in [6, 6.07) is 7.90. The molecule has 4 N–H and O–H groups in total. The highest BCUT2D eigenvalue weighted by Gasteiger charge is 2.23. The van der Waals surface area contributed by atoms with Crippen LogP contribution >= 0.6 is 0 Å². The van der Waals surface area contributed by atoms with Crippen LogP contribution in [0.2, 0.25) is 0 Å². The van der Waals surface area contributed by atoms with Gasteiger partial charge in [-0.1, -0.05) is 18.2 Å². The molecule has 1 aliphatic heterocycles. The molecule has 0 spiro atoms. The fourth-order valence-corrected chi connectivity index (χ4v) is 1.95. The predicted octanol–water partition coefficient (Wildman–Crippen LogP) is -0.128. The molecule has 2 amide bonds. The van der Waals surface area contributed by atoms with Crippen LogP contribution in [0.3, 0.4) is 0 Å². The smallest absolute Gasteiger partial charge is 0.236 e. The molecule has 0 radical (unpaired) electrons. The number of para-hydroxylation sites is 1. The molecule has 0 fully saturated rings. The van der Waals surface area contributed by atoms with Gasteiger partial charge in [0.2, 0.25) is 11.8 Å². The molecule has 1 aromatic rings. The summed E-state index contributed by atoms with van der Waals surface area (Å²) in [7, 11) is 0. The Kier molecular flexibility index (Phi) is 3.27. The van der Waals surface area contributed by atoms with E-state index < -0.39 is 5.91 Å². The van der Waals surface area contributed by atoms with Gasteiger partial charge in [-0.2, -0.15) is 0 Å². The van der Waals surface area contributed by atoms with Crippen molar-refractivity contribution in [1.29, 1.82) is 0 Å². The number of hydrogen-bond acceptors (Lipinski definition) is 3. The molecule has 5 nitrogen and oxygen atoms in total. The summed E-state index contributed by atoms with van der Waals surface area (Å²) < 4.78 is 0. The van der Waals surface area contributed by atoms with Crippen molar-refractivity contribution in [2.45, 2.75) is 6.42 Å². The van der Waals surface area contributed by atoms with Crippen molar-refractivity contribution >= 4 is 17.5 Å². The number of primary amides is 1. The van der Waals surface area contributed by atoms with E-state index in [1.54, 1.807) is 0 Å². The monoisotopic (exact) mass is 233 g/mol. The molecule has 2 rings (SSSR count). The highest BCUT2D eigenvalue weighted by atomic mass is 16.2. The minimum atomic E-state index is -0.525. The molecule has 1 aromatic carbocycles. The molecule has 17 heavy (non-hydrogen) atoms. The van der Waals surface area contributed by atoms with Gasteiger partial charge in [-0.3, -0.25) is 9.59 Å². The van der Waals surface area contributed by atoms with Gasteiger partial charge in [0.25, 0.3) is 0 Å². The molecular weight excluding hydrogens is 218 g/mol. The lowest BCUT2D eigenvalue weighted by Crippen LogP contribution is -2.41. The van der Waals surface area contributed by atoms with Crippen molar-refractivity contribution in [3.63, 3.8) is 0 Å². The van der Waals surface area contributed by atoms with E-state index in [4.69, 9.17) is 5.73 Å². The molecule has 5 heteroatoms. The lowest BCUT2D eigenvalue weighted by atomic mass is 9.93. The van der Waals surface area contributed by atoms with Crippen molar-refractivity contribution in [3.05, 3.63) is 29.8 Å². The topological polar surface area (TPSA) is 84.2 Å². The van der Waals surface area contributed by atoms with E-state index >= 15 is 0 Å². The van der Waals surface area contributed by atoms with Crippen LogP contribution in [-0.2, 0) is 16.0 Å². The molecule has 1 atom stereocenters. The summed E-state index contributed by atoms with van der Waals surface area (Å²) in [5.41, 5.74) is 7.18. The van der Waals surface area contributed by atoms with E-state index in [9.17, 15) is 9.59 Å². The second-order valence-electron chi connectivity index (χ2n) is 4.12. The Morgan fingerprint density at radius 1 is 1.41 bits per heavy atom. The van der Waals surface area contributed by atoms with E-state index in [0.717, 1.165) is 11.3 Å². The summed E-state index contributed by atoms with van der Waals surface area (Å²) in [5, 5.41) is 5.73. The van der Waals surface area contributed by atoms with E-state index in [-0.39, 0.29) is 18.4 Å². The van der Waals surface area contributed by atoms with Crippen LogP contribution in [0.4, 0.5) is 5.69 Å². The quantitative estimate of drug-likeness (QED) is 0.680. The number of hydrogen-bond donors (Lipinski definition) is 3. The van der Waals surface area contributed by atoms with Gasteiger partial charge in [0, 0.05) is 12.2 Å². The van der Waals surface area contributed by atoms with Gasteiger partial charge < -0.3 is 16.4 Å². The summed E-state index contributed by atoms with van der Waals surface area (Å²) in [5.74, 6) is -0.808. The average molecular weight is 233 g/mol. The van der Waals surface area contributed by atoms with Crippen LogP contribution in [0, 0.1) is 5.92 Å². The normalized spacial score (nSPS) is 17.8. The molecule has 1 heterocycles. The Morgan fingerprint density at radius 3 is 2.94 bits per heavy atom. The first-order chi connectivity index (χ1) is 8.16. The standard InChI is InChI=1S/C12H15N3O2/c13-11(16)7-15-12(17)9-5-8-3-1-2-4-10(8)14-6-9/h1-4,9,14H,5-7H2,(H2,13,16)(H,15,17). The van der Waals surface area contributed by atoms with Crippen molar-refractivity contribution in [1.82, 2.24) is 5.32 Å². The highest BCUT2D eigenvalue weighted by molar-refractivity contribution is 5.86. The molecule has 0 aliphatic carbocycles. The van der Waals surface area contributed by atoms with Gasteiger partial charge in [-0.25, -0.2) is 0 Å². The van der Waals surface area contributed by atoms with Crippen LogP contribution in [-0.4, -0.2) is 24.9 Å². The molecule has 1 aliphatic rings. The minimum absolute atomic E-state index is 0.100. The number of amides is 2. The Hall–Kier alpha value is -2.04. The van der Waals surface area contributed by atoms with Crippen LogP contribution < -0.4 is 16.4 Å². The molecule has 0 saturated heterocycles. The largest absolute Gasteiger partial charge is 0.384 e. The van der Waals surface area contributed by atoms with Crippen LogP contribution in [0.15, 0.2) is 24.3 Å². The Labute approximate surface area is 99.4 Å². The van der Waals surface area contributed by atoms with E-state index in [2.05, 4.69) is 10.6 Å². The number of carbonyl (C=O) groups is 2. The third-order valence-corrected chi connectivity index (χ3v) is 2.83. The molecule has 90 valence electrons. The number of nitrogens with two attached hydrogens (primary N) is 1. The number of benzene rings is 1. The molecule has 1 unspecified atom stereocenters. The van der Waals surface area contributed by atoms with Crippen molar-refractivity contribution < 1.29 is 9.59 Å². The molecule has 0 aromatic heterocycles. The second-order valence-corrected chi connectivity index (χ2v) is 4.12. The van der Waals surface area contributed by atoms with E-state index in [1.165, 1.54) is 0 Å². The zero-order valence-corrected chi connectivity index (χ0v) is 9.40. The van der Waals surface area contributed by atoms with Crippen molar-refractivity contribution in [3.8, 4) is 0 Å². The van der Waals surface area contributed by atoms with Crippen LogP contribution in [0.1, 0.15) is 5.56 Å². The zero-order valence-electron chi connectivity index (χ0n) is 9.40. The third-order valence-electron chi connectivity index (χ3n) is 2.83. The van der Waals surface area contributed by atoms with Gasteiger partial charge in [0.1, 0.15) is 0 Å². The summed E-state index contributed by atoms with van der Waals surface area (Å²) >= 11 is 0. The first-order valence-corrected chi connectivity index (χ1v) is 5.54. The molecule has 0 bridgehead atoms. The van der Waals surface area contributed by atoms with Crippen LogP contribution in [0.5, 0.6) is 0 Å². The van der Waals surface area contributed by atoms with Gasteiger partial charge >= 0.3 is 0 Å². The number of nitrogens with one attached hydrogen (secondary N) is 2. The number of carbonyl (C=O) groups excluding carboxylic acids is 2. The maximum atomic E-state index is 11.8. The predicted molar refractivity (Wildman–Crippen MR) is 64.3 cm³/mol. The highest BCUT2D eigenvalue weighted by Crippen LogP contribution is 2.24. The van der Waals surface area contributed by atoms with Crippen molar-refractivity contribution in [2.24, 2.45) is 11.7 Å². The first-order valence-electron chi connectivity index (χ1n) is 5.54. The zero-order chi connectivity index (χ0) is 12.3. The van der Waals surface area contributed by atoms with E-state index in [0.29, 0.717) is 13.0 Å². The lowest BCUT2D eigenvalue weighted by Gasteiger charge is -2.25. The molecule has 0 saturated carbocycles. The Balaban J connectivity index is 1.97. The summed E-state index contributed by atoms with van der Waals surface area (Å²) in [6.07, 6.45) is 0.688. The fraction of sp³-hybridized carbons (Fsp3) is 0.333. The fourth-order valence-electron chi connectivity index (χ4n) is 1.95. The maximum absolute atomic E-state index is 11.8. The maximum Gasteiger partial charge on any atom is 0.236 e.